The van der Waals surface area contributed by atoms with Crippen LogP contribution in [-0.4, -0.2) is 37.3 Å². The number of pyridine rings is 1. The maximum atomic E-state index is 12.0. The van der Waals surface area contributed by atoms with Crippen molar-refractivity contribution in [2.24, 2.45) is 5.92 Å². The van der Waals surface area contributed by atoms with Crippen molar-refractivity contribution < 1.29 is 9.53 Å². The Balaban J connectivity index is 1.32. The van der Waals surface area contributed by atoms with Crippen LogP contribution in [0.5, 0.6) is 5.88 Å². The van der Waals surface area contributed by atoms with E-state index in [1.165, 1.54) is 18.4 Å². The van der Waals surface area contributed by atoms with E-state index in [1.54, 1.807) is 25.4 Å². The van der Waals surface area contributed by atoms with Gasteiger partial charge in [-0.25, -0.2) is 9.78 Å². The molecule has 0 saturated carbocycles. The number of ether oxygens (including phenoxy) is 1. The number of rotatable bonds is 8. The third-order valence-corrected chi connectivity index (χ3v) is 5.19. The Morgan fingerprint density at radius 3 is 2.86 bits per heavy atom. The van der Waals surface area contributed by atoms with Crippen LogP contribution >= 0.6 is 0 Å². The number of hydrogen-bond acceptors (Lipinski definition) is 4. The van der Waals surface area contributed by atoms with Crippen molar-refractivity contribution in [2.75, 3.05) is 25.5 Å². The van der Waals surface area contributed by atoms with Gasteiger partial charge in [-0.3, -0.25) is 0 Å². The van der Waals surface area contributed by atoms with E-state index < -0.39 is 0 Å². The zero-order valence-electron chi connectivity index (χ0n) is 16.5. The van der Waals surface area contributed by atoms with E-state index >= 15 is 0 Å². The van der Waals surface area contributed by atoms with Crippen LogP contribution in [0, 0.1) is 5.92 Å². The quantitative estimate of drug-likeness (QED) is 0.610. The molecule has 3 N–H and O–H groups in total. The van der Waals surface area contributed by atoms with E-state index in [9.17, 15) is 4.79 Å². The zero-order chi connectivity index (χ0) is 19.6. The molecule has 1 aliphatic rings. The van der Waals surface area contributed by atoms with Gasteiger partial charge in [0.05, 0.1) is 19.0 Å². The van der Waals surface area contributed by atoms with Gasteiger partial charge in [-0.2, -0.15) is 0 Å². The van der Waals surface area contributed by atoms with Gasteiger partial charge in [0.15, 0.2) is 0 Å². The Bertz CT molecular complexity index is 721. The molecule has 0 aliphatic carbocycles. The molecule has 0 spiro atoms. The Kier molecular flexibility index (Phi) is 7.67. The van der Waals surface area contributed by atoms with Crippen LogP contribution < -0.4 is 20.7 Å². The molecule has 2 amide bonds. The summed E-state index contributed by atoms with van der Waals surface area (Å²) in [5, 5.41) is 9.32. The smallest absolute Gasteiger partial charge is 0.319 e. The van der Waals surface area contributed by atoms with Gasteiger partial charge in [0, 0.05) is 18.7 Å². The molecule has 3 rings (SSSR count). The van der Waals surface area contributed by atoms with Crippen molar-refractivity contribution in [1.29, 1.82) is 0 Å². The van der Waals surface area contributed by atoms with E-state index in [1.807, 2.05) is 0 Å². The molecule has 6 heteroatoms. The largest absolute Gasteiger partial charge is 0.481 e. The van der Waals surface area contributed by atoms with Crippen molar-refractivity contribution in [1.82, 2.24) is 15.6 Å². The number of amides is 2. The summed E-state index contributed by atoms with van der Waals surface area (Å²) in [5.74, 6) is 1.27. The van der Waals surface area contributed by atoms with Crippen molar-refractivity contribution in [3.05, 3.63) is 54.2 Å². The highest BCUT2D eigenvalue weighted by atomic mass is 16.5. The Labute approximate surface area is 167 Å². The summed E-state index contributed by atoms with van der Waals surface area (Å²) in [7, 11) is 1.56. The first-order valence-electron chi connectivity index (χ1n) is 10.0. The van der Waals surface area contributed by atoms with Crippen LogP contribution in [0.1, 0.15) is 31.2 Å². The number of urea groups is 1. The van der Waals surface area contributed by atoms with Crippen molar-refractivity contribution in [2.45, 2.75) is 38.1 Å². The van der Waals surface area contributed by atoms with E-state index in [2.05, 4.69) is 51.3 Å². The number of carbonyl (C=O) groups is 1. The van der Waals surface area contributed by atoms with Gasteiger partial charge >= 0.3 is 6.03 Å². The van der Waals surface area contributed by atoms with Gasteiger partial charge < -0.3 is 20.7 Å². The minimum Gasteiger partial charge on any atom is -0.481 e. The molecule has 2 unspecified atom stereocenters. The van der Waals surface area contributed by atoms with Gasteiger partial charge in [-0.15, -0.1) is 0 Å². The second-order valence-corrected chi connectivity index (χ2v) is 7.34. The molecule has 6 nitrogen and oxygen atoms in total. The molecule has 1 aromatic carbocycles. The Morgan fingerprint density at radius 2 is 2.11 bits per heavy atom. The van der Waals surface area contributed by atoms with Crippen molar-refractivity contribution in [3.63, 3.8) is 0 Å². The second kappa shape index (κ2) is 10.7. The molecule has 2 atom stereocenters. The lowest BCUT2D eigenvalue weighted by molar-refractivity contribution is 0.250. The van der Waals surface area contributed by atoms with Gasteiger partial charge in [-0.05, 0) is 56.2 Å². The van der Waals surface area contributed by atoms with E-state index in [-0.39, 0.29) is 6.03 Å². The average Bonchev–Trinajstić information content (AvgIpc) is 2.73. The Morgan fingerprint density at radius 1 is 1.25 bits per heavy atom. The number of carbonyl (C=O) groups excluding carboxylic acids is 1. The standard InChI is InChI=1S/C22H30N4O2/c1-28-21-10-9-20(16-25-21)26-22(27)24-12-5-8-19-15-18(11-13-23-19)14-17-6-3-2-4-7-17/h2-4,6-7,9-10,16,18-19,23H,5,8,11-15H2,1H3,(H2,24,26,27). The molecule has 150 valence electrons. The summed E-state index contributed by atoms with van der Waals surface area (Å²) in [6.45, 7) is 1.75. The summed E-state index contributed by atoms with van der Waals surface area (Å²) < 4.78 is 5.01. The van der Waals surface area contributed by atoms with Crippen LogP contribution in [0.2, 0.25) is 0 Å². The van der Waals surface area contributed by atoms with E-state index in [4.69, 9.17) is 4.74 Å². The van der Waals surface area contributed by atoms with Gasteiger partial charge in [-0.1, -0.05) is 30.3 Å². The number of anilines is 1. The molecule has 2 aromatic rings. The first-order valence-corrected chi connectivity index (χ1v) is 10.0. The molecule has 0 radical (unpaired) electrons. The second-order valence-electron chi connectivity index (χ2n) is 7.34. The minimum atomic E-state index is -0.203. The summed E-state index contributed by atoms with van der Waals surface area (Å²) in [4.78, 5) is 16.0. The summed E-state index contributed by atoms with van der Waals surface area (Å²) in [6, 6.07) is 14.6. The third-order valence-electron chi connectivity index (χ3n) is 5.19. The molecular formula is C22H30N4O2. The molecular weight excluding hydrogens is 352 g/mol. The normalized spacial score (nSPS) is 19.0. The highest BCUT2D eigenvalue weighted by molar-refractivity contribution is 5.88. The lowest BCUT2D eigenvalue weighted by Gasteiger charge is -2.30. The first-order chi connectivity index (χ1) is 13.7. The Hall–Kier alpha value is -2.60. The third kappa shape index (κ3) is 6.53. The van der Waals surface area contributed by atoms with Gasteiger partial charge in [0.1, 0.15) is 0 Å². The fraction of sp³-hybridized carbons (Fsp3) is 0.455. The number of methoxy groups -OCH3 is 1. The molecule has 1 saturated heterocycles. The molecule has 1 aliphatic heterocycles. The number of piperidine rings is 1. The first kappa shape index (κ1) is 20.1. The number of benzene rings is 1. The zero-order valence-corrected chi connectivity index (χ0v) is 16.5. The maximum absolute atomic E-state index is 12.0. The maximum Gasteiger partial charge on any atom is 0.319 e. The molecule has 0 bridgehead atoms. The van der Waals surface area contributed by atoms with Gasteiger partial charge in [0.25, 0.3) is 0 Å². The van der Waals surface area contributed by atoms with Crippen molar-refractivity contribution >= 4 is 11.7 Å². The lowest BCUT2D eigenvalue weighted by atomic mass is 9.86. The lowest BCUT2D eigenvalue weighted by Crippen LogP contribution is -2.39. The van der Waals surface area contributed by atoms with Crippen LogP contribution in [0.3, 0.4) is 0 Å². The number of nitrogens with one attached hydrogen (secondary N) is 3. The number of nitrogens with zero attached hydrogens (tertiary/aromatic N) is 1. The topological polar surface area (TPSA) is 75.3 Å². The minimum absolute atomic E-state index is 0.203. The predicted molar refractivity (Wildman–Crippen MR) is 112 cm³/mol. The average molecular weight is 383 g/mol. The number of aromatic nitrogens is 1. The van der Waals surface area contributed by atoms with Crippen LogP contribution in [0.15, 0.2) is 48.7 Å². The molecule has 28 heavy (non-hydrogen) atoms. The fourth-order valence-corrected chi connectivity index (χ4v) is 3.75. The van der Waals surface area contributed by atoms with Gasteiger partial charge in [0.2, 0.25) is 5.88 Å². The summed E-state index contributed by atoms with van der Waals surface area (Å²) in [6.07, 6.45) is 7.23. The van der Waals surface area contributed by atoms with E-state index in [0.717, 1.165) is 31.7 Å². The molecule has 1 fully saturated rings. The highest BCUT2D eigenvalue weighted by Crippen LogP contribution is 2.23. The summed E-state index contributed by atoms with van der Waals surface area (Å²) >= 11 is 0. The SMILES string of the molecule is COc1ccc(NC(=O)NCCCC2CC(Cc3ccccc3)CCN2)cn1. The molecule has 1 aromatic heterocycles. The molecule has 2 heterocycles. The van der Waals surface area contributed by atoms with E-state index in [0.29, 0.717) is 24.2 Å². The van der Waals surface area contributed by atoms with Crippen molar-refractivity contribution in [3.8, 4) is 5.88 Å². The van der Waals surface area contributed by atoms with Crippen LogP contribution in [0.25, 0.3) is 0 Å². The summed E-state index contributed by atoms with van der Waals surface area (Å²) in [5.41, 5.74) is 2.08. The monoisotopic (exact) mass is 382 g/mol. The fourth-order valence-electron chi connectivity index (χ4n) is 3.75. The number of hydrogen-bond donors (Lipinski definition) is 3. The predicted octanol–water partition coefficient (Wildman–Crippen LogP) is 3.60. The van der Waals surface area contributed by atoms with Crippen LogP contribution in [0.4, 0.5) is 10.5 Å². The highest BCUT2D eigenvalue weighted by Gasteiger charge is 2.21. The van der Waals surface area contributed by atoms with Crippen LogP contribution in [-0.2, 0) is 6.42 Å².